The van der Waals surface area contributed by atoms with E-state index in [9.17, 15) is 9.59 Å². The number of cyclic esters (lactones) is 1. The maximum Gasteiger partial charge on any atom is 0.343 e. The molecule has 4 aliphatic rings. The minimum Gasteiger partial charge on any atom is -0.493 e. The van der Waals surface area contributed by atoms with Gasteiger partial charge < -0.3 is 38.5 Å². The van der Waals surface area contributed by atoms with E-state index in [0.717, 1.165) is 29.8 Å². The standard InChI is InChI=1S/C29H35N3O9/c1-31-8-7-16-18(13-30-20(33)14-32-9-11-38-12-10-32)25-28(40-15-39-25)27(37-4)21(16)23(31)24-17-5-6-19(35-2)26(36-3)22(17)29(34)41-24/h5-6,23-24H,7-15H2,1-4H3,(H,30,33). The van der Waals surface area contributed by atoms with Crippen LogP contribution in [0.4, 0.5) is 0 Å². The van der Waals surface area contributed by atoms with Gasteiger partial charge in [-0.1, -0.05) is 6.07 Å². The number of methoxy groups -OCH3 is 3. The highest BCUT2D eigenvalue weighted by atomic mass is 16.7. The Morgan fingerprint density at radius 2 is 1.78 bits per heavy atom. The fourth-order valence-electron chi connectivity index (χ4n) is 6.32. The molecule has 0 bridgehead atoms. The third-order valence-corrected chi connectivity index (χ3v) is 8.26. The quantitative estimate of drug-likeness (QED) is 0.469. The van der Waals surface area contributed by atoms with Crippen molar-refractivity contribution < 1.29 is 42.7 Å². The topological polar surface area (TPSA) is 117 Å². The van der Waals surface area contributed by atoms with Gasteiger partial charge in [0, 0.05) is 42.9 Å². The van der Waals surface area contributed by atoms with Gasteiger partial charge in [0.05, 0.1) is 47.1 Å². The molecule has 1 N–H and O–H groups in total. The maximum atomic E-state index is 13.2. The van der Waals surface area contributed by atoms with Crippen molar-refractivity contribution >= 4 is 11.9 Å². The third-order valence-electron chi connectivity index (χ3n) is 8.26. The van der Waals surface area contributed by atoms with Crippen LogP contribution in [0, 0.1) is 0 Å². The number of nitrogens with zero attached hydrogens (tertiary/aromatic N) is 2. The number of carbonyl (C=O) groups is 2. The summed E-state index contributed by atoms with van der Waals surface area (Å²) >= 11 is 0. The van der Waals surface area contributed by atoms with Crippen LogP contribution in [0.25, 0.3) is 0 Å². The van der Waals surface area contributed by atoms with Crippen LogP contribution in [0.1, 0.15) is 44.8 Å². The summed E-state index contributed by atoms with van der Waals surface area (Å²) in [6, 6.07) is 3.23. The molecule has 1 amide bonds. The van der Waals surface area contributed by atoms with Crippen molar-refractivity contribution in [2.75, 3.05) is 74.6 Å². The number of hydrogen-bond donors (Lipinski definition) is 1. The lowest BCUT2D eigenvalue weighted by Gasteiger charge is -2.39. The zero-order chi connectivity index (χ0) is 28.7. The van der Waals surface area contributed by atoms with Gasteiger partial charge in [-0.2, -0.15) is 0 Å². The number of esters is 1. The Morgan fingerprint density at radius 3 is 2.51 bits per heavy atom. The van der Waals surface area contributed by atoms with Crippen LogP contribution in [0.15, 0.2) is 12.1 Å². The van der Waals surface area contributed by atoms with Crippen molar-refractivity contribution in [3.05, 3.63) is 39.9 Å². The summed E-state index contributed by atoms with van der Waals surface area (Å²) < 4.78 is 40.2. The Balaban J connectivity index is 1.39. The molecule has 0 spiro atoms. The Morgan fingerprint density at radius 1 is 1.02 bits per heavy atom. The van der Waals surface area contributed by atoms with Crippen molar-refractivity contribution in [1.29, 1.82) is 0 Å². The lowest BCUT2D eigenvalue weighted by molar-refractivity contribution is -0.123. The van der Waals surface area contributed by atoms with Crippen LogP contribution in [0.5, 0.6) is 28.7 Å². The van der Waals surface area contributed by atoms with E-state index in [1.807, 2.05) is 13.1 Å². The molecule has 0 aromatic heterocycles. The summed E-state index contributed by atoms with van der Waals surface area (Å²) in [5, 5.41) is 3.08. The molecular formula is C29H35N3O9. The first-order chi connectivity index (χ1) is 20.0. The van der Waals surface area contributed by atoms with E-state index in [1.165, 1.54) is 14.2 Å². The van der Waals surface area contributed by atoms with Crippen LogP contribution < -0.4 is 29.0 Å². The highest BCUT2D eigenvalue weighted by molar-refractivity contribution is 5.98. The second-order valence-corrected chi connectivity index (χ2v) is 10.4. The molecule has 0 radical (unpaired) electrons. The number of hydrogen-bond acceptors (Lipinski definition) is 11. The second kappa shape index (κ2) is 11.3. The molecule has 1 fully saturated rings. The predicted molar refractivity (Wildman–Crippen MR) is 145 cm³/mol. The summed E-state index contributed by atoms with van der Waals surface area (Å²) in [5.74, 6) is 1.85. The second-order valence-electron chi connectivity index (χ2n) is 10.4. The van der Waals surface area contributed by atoms with E-state index >= 15 is 0 Å². The number of benzene rings is 2. The minimum absolute atomic E-state index is 0.0437. The van der Waals surface area contributed by atoms with E-state index in [1.54, 1.807) is 13.2 Å². The Labute approximate surface area is 238 Å². The SMILES string of the molecule is COc1ccc2c(c1OC)C(=O)OC2C1c2c(c(CNC(=O)CN3CCOCC3)c3c(c2OC)OCO3)CCN1C. The number of rotatable bonds is 8. The molecule has 4 aliphatic heterocycles. The van der Waals surface area contributed by atoms with Crippen LogP contribution >= 0.6 is 0 Å². The van der Waals surface area contributed by atoms with Gasteiger partial charge in [-0.15, -0.1) is 0 Å². The van der Waals surface area contributed by atoms with E-state index in [4.69, 9.17) is 33.2 Å². The number of morpholine rings is 1. The molecule has 41 heavy (non-hydrogen) atoms. The molecule has 2 atom stereocenters. The normalized spacial score (nSPS) is 21.6. The summed E-state index contributed by atoms with van der Waals surface area (Å²) in [5.41, 5.74) is 3.75. The zero-order valence-corrected chi connectivity index (χ0v) is 23.7. The monoisotopic (exact) mass is 569 g/mol. The van der Waals surface area contributed by atoms with Crippen LogP contribution in [0.2, 0.25) is 0 Å². The molecule has 2 aromatic carbocycles. The van der Waals surface area contributed by atoms with Gasteiger partial charge in [0.1, 0.15) is 11.7 Å². The highest BCUT2D eigenvalue weighted by Gasteiger charge is 2.47. The van der Waals surface area contributed by atoms with E-state index in [0.29, 0.717) is 72.6 Å². The third kappa shape index (κ3) is 4.69. The van der Waals surface area contributed by atoms with Gasteiger partial charge in [0.2, 0.25) is 18.4 Å². The smallest absolute Gasteiger partial charge is 0.343 e. The van der Waals surface area contributed by atoms with Gasteiger partial charge in [0.15, 0.2) is 23.0 Å². The average molecular weight is 570 g/mol. The molecule has 0 saturated carbocycles. The van der Waals surface area contributed by atoms with Gasteiger partial charge >= 0.3 is 5.97 Å². The first kappa shape index (κ1) is 27.4. The summed E-state index contributed by atoms with van der Waals surface area (Å²) in [7, 11) is 6.62. The van der Waals surface area contributed by atoms with Gasteiger partial charge in [-0.05, 0) is 25.1 Å². The first-order valence-electron chi connectivity index (χ1n) is 13.7. The van der Waals surface area contributed by atoms with Crippen LogP contribution in [0.3, 0.4) is 0 Å². The molecule has 4 heterocycles. The number of fused-ring (bicyclic) bond motifs is 3. The van der Waals surface area contributed by atoms with Crippen molar-refractivity contribution in [1.82, 2.24) is 15.1 Å². The highest BCUT2D eigenvalue weighted by Crippen LogP contribution is 2.56. The van der Waals surface area contributed by atoms with E-state index in [-0.39, 0.29) is 19.2 Å². The Hall–Kier alpha value is -3.74. The van der Waals surface area contributed by atoms with E-state index in [2.05, 4.69) is 15.1 Å². The van der Waals surface area contributed by atoms with Gasteiger partial charge in [0.25, 0.3) is 0 Å². The summed E-state index contributed by atoms with van der Waals surface area (Å²) in [6.45, 7) is 4.00. The van der Waals surface area contributed by atoms with Gasteiger partial charge in [-0.25, -0.2) is 4.79 Å². The number of carbonyl (C=O) groups excluding carboxylic acids is 2. The molecule has 12 heteroatoms. The molecular weight excluding hydrogens is 534 g/mol. The lowest BCUT2D eigenvalue weighted by Crippen LogP contribution is -2.43. The molecule has 2 aromatic rings. The van der Waals surface area contributed by atoms with E-state index < -0.39 is 18.1 Å². The molecule has 1 saturated heterocycles. The first-order valence-corrected chi connectivity index (χ1v) is 13.7. The number of amides is 1. The number of ether oxygens (including phenoxy) is 7. The van der Waals surface area contributed by atoms with Gasteiger partial charge in [-0.3, -0.25) is 14.6 Å². The summed E-state index contributed by atoms with van der Waals surface area (Å²) in [6.07, 6.45) is 0.0445. The predicted octanol–water partition coefficient (Wildman–Crippen LogP) is 1.83. The zero-order valence-electron chi connectivity index (χ0n) is 23.7. The Kier molecular flexibility index (Phi) is 7.54. The number of nitrogens with one attached hydrogen (secondary N) is 1. The lowest BCUT2D eigenvalue weighted by atomic mass is 9.83. The van der Waals surface area contributed by atoms with Crippen molar-refractivity contribution in [3.63, 3.8) is 0 Å². The summed E-state index contributed by atoms with van der Waals surface area (Å²) in [4.78, 5) is 30.4. The fourth-order valence-corrected chi connectivity index (χ4v) is 6.32. The van der Waals surface area contributed by atoms with Crippen molar-refractivity contribution in [2.45, 2.75) is 25.1 Å². The van der Waals surface area contributed by atoms with Crippen molar-refractivity contribution in [3.8, 4) is 28.7 Å². The molecule has 220 valence electrons. The van der Waals surface area contributed by atoms with Crippen LogP contribution in [-0.4, -0.2) is 96.2 Å². The van der Waals surface area contributed by atoms with Crippen LogP contribution in [-0.2, 0) is 27.2 Å². The molecule has 6 rings (SSSR count). The largest absolute Gasteiger partial charge is 0.493 e. The minimum atomic E-state index is -0.639. The van der Waals surface area contributed by atoms with Crippen molar-refractivity contribution in [2.24, 2.45) is 0 Å². The average Bonchev–Trinajstić information content (AvgIpc) is 3.60. The maximum absolute atomic E-state index is 13.2. The molecule has 0 aliphatic carbocycles. The fraction of sp³-hybridized carbons (Fsp3) is 0.517. The number of likely N-dealkylation sites (N-methyl/N-ethyl adjacent to an activating group) is 1. The molecule has 2 unspecified atom stereocenters. The molecule has 12 nitrogen and oxygen atoms in total. The Bertz CT molecular complexity index is 1360.